The molecule has 0 unspecified atom stereocenters. The highest BCUT2D eigenvalue weighted by Crippen LogP contribution is 2.35. The number of nitrogens with two attached hydrogens (primary N) is 1. The second-order valence-corrected chi connectivity index (χ2v) is 6.99. The molecule has 4 heterocycles. The summed E-state index contributed by atoms with van der Waals surface area (Å²) in [6, 6.07) is 11.5. The molecule has 1 aromatic carbocycles. The van der Waals surface area contributed by atoms with Crippen LogP contribution in [0.25, 0.3) is 33.6 Å². The SMILES string of the molecule is N#Cc1nc2c(-c3nc4ccccc4[nH]3)c(N)n(CCCn3ccnc3)c2nc1C#N. The van der Waals surface area contributed by atoms with E-state index in [0.29, 0.717) is 34.9 Å². The summed E-state index contributed by atoms with van der Waals surface area (Å²) in [6.07, 6.45) is 6.13. The van der Waals surface area contributed by atoms with Gasteiger partial charge in [0.2, 0.25) is 0 Å². The molecule has 10 nitrogen and oxygen atoms in total. The quantitative estimate of drug-likeness (QED) is 0.453. The van der Waals surface area contributed by atoms with E-state index in [0.717, 1.165) is 24.0 Å². The van der Waals surface area contributed by atoms with Crippen LogP contribution in [0.2, 0.25) is 0 Å². The fraction of sp³-hybridized carbons (Fsp3) is 0.143. The van der Waals surface area contributed by atoms with E-state index in [2.05, 4.69) is 24.9 Å². The molecular formula is C21H16N10. The smallest absolute Gasteiger partial charge is 0.179 e. The molecule has 5 aromatic rings. The molecule has 4 aromatic heterocycles. The van der Waals surface area contributed by atoms with Crippen molar-refractivity contribution in [3.8, 4) is 23.5 Å². The van der Waals surface area contributed by atoms with Crippen LogP contribution < -0.4 is 5.73 Å². The Labute approximate surface area is 176 Å². The van der Waals surface area contributed by atoms with Crippen molar-refractivity contribution in [2.75, 3.05) is 5.73 Å². The fourth-order valence-electron chi connectivity index (χ4n) is 3.67. The number of aryl methyl sites for hydroxylation is 2. The summed E-state index contributed by atoms with van der Waals surface area (Å²) in [6.45, 7) is 1.29. The Kier molecular flexibility index (Phi) is 4.31. The Morgan fingerprint density at radius 1 is 1.03 bits per heavy atom. The molecule has 0 bridgehead atoms. The number of H-pyrrole nitrogens is 1. The molecule has 31 heavy (non-hydrogen) atoms. The molecule has 0 aliphatic heterocycles. The lowest BCUT2D eigenvalue weighted by Gasteiger charge is -2.08. The van der Waals surface area contributed by atoms with Crippen LogP contribution in [0, 0.1) is 22.7 Å². The van der Waals surface area contributed by atoms with Crippen molar-refractivity contribution in [1.29, 1.82) is 10.5 Å². The van der Waals surface area contributed by atoms with E-state index < -0.39 is 0 Å². The maximum Gasteiger partial charge on any atom is 0.179 e. The number of para-hydroxylation sites is 2. The highest BCUT2D eigenvalue weighted by molar-refractivity contribution is 5.98. The zero-order valence-electron chi connectivity index (χ0n) is 16.3. The molecule has 0 fully saturated rings. The van der Waals surface area contributed by atoms with Gasteiger partial charge in [-0.25, -0.2) is 19.9 Å². The van der Waals surface area contributed by atoms with Gasteiger partial charge in [-0.05, 0) is 18.6 Å². The van der Waals surface area contributed by atoms with Crippen molar-refractivity contribution in [1.82, 2.24) is 34.1 Å². The van der Waals surface area contributed by atoms with Gasteiger partial charge >= 0.3 is 0 Å². The number of nitriles is 2. The lowest BCUT2D eigenvalue weighted by atomic mass is 10.2. The zero-order chi connectivity index (χ0) is 21.4. The average molecular weight is 408 g/mol. The highest BCUT2D eigenvalue weighted by Gasteiger charge is 2.23. The van der Waals surface area contributed by atoms with E-state index in [9.17, 15) is 10.5 Å². The Morgan fingerprint density at radius 2 is 1.84 bits per heavy atom. The van der Waals surface area contributed by atoms with Crippen molar-refractivity contribution >= 4 is 28.0 Å². The molecule has 5 rings (SSSR count). The normalized spacial score (nSPS) is 11.0. The van der Waals surface area contributed by atoms with Crippen LogP contribution in [0.1, 0.15) is 17.8 Å². The molecule has 0 spiro atoms. The number of nitrogens with zero attached hydrogens (tertiary/aromatic N) is 8. The average Bonchev–Trinajstić information content (AvgIpc) is 3.51. The first-order valence-electron chi connectivity index (χ1n) is 9.60. The maximum atomic E-state index is 9.43. The third kappa shape index (κ3) is 3.03. The lowest BCUT2D eigenvalue weighted by Crippen LogP contribution is -2.07. The van der Waals surface area contributed by atoms with Crippen LogP contribution in [0.4, 0.5) is 5.82 Å². The number of benzene rings is 1. The number of nitrogens with one attached hydrogen (secondary N) is 1. The minimum atomic E-state index is -0.0390. The number of fused-ring (bicyclic) bond motifs is 2. The van der Waals surface area contributed by atoms with E-state index in [1.165, 1.54) is 0 Å². The van der Waals surface area contributed by atoms with Crippen molar-refractivity contribution in [3.63, 3.8) is 0 Å². The number of hydrogen-bond acceptors (Lipinski definition) is 7. The van der Waals surface area contributed by atoms with Gasteiger partial charge in [-0.15, -0.1) is 0 Å². The highest BCUT2D eigenvalue weighted by atomic mass is 15.1. The third-order valence-electron chi connectivity index (χ3n) is 5.11. The summed E-state index contributed by atoms with van der Waals surface area (Å²) in [5.41, 5.74) is 9.60. The van der Waals surface area contributed by atoms with Crippen molar-refractivity contribution < 1.29 is 0 Å². The Morgan fingerprint density at radius 3 is 2.58 bits per heavy atom. The monoisotopic (exact) mass is 408 g/mol. The molecule has 0 atom stereocenters. The van der Waals surface area contributed by atoms with Crippen LogP contribution in [0.3, 0.4) is 0 Å². The minimum absolute atomic E-state index is 0.0282. The van der Waals surface area contributed by atoms with Crippen LogP contribution in [-0.4, -0.2) is 34.1 Å². The van der Waals surface area contributed by atoms with Gasteiger partial charge in [0.25, 0.3) is 0 Å². The van der Waals surface area contributed by atoms with Gasteiger partial charge in [0.05, 0.1) is 22.9 Å². The summed E-state index contributed by atoms with van der Waals surface area (Å²) in [5, 5.41) is 18.9. The van der Waals surface area contributed by atoms with Gasteiger partial charge in [-0.3, -0.25) is 0 Å². The molecule has 0 aliphatic rings. The van der Waals surface area contributed by atoms with Gasteiger partial charge in [-0.2, -0.15) is 10.5 Å². The van der Waals surface area contributed by atoms with Crippen molar-refractivity contribution in [3.05, 3.63) is 54.4 Å². The molecule has 0 saturated heterocycles. The minimum Gasteiger partial charge on any atom is -0.384 e. The second kappa shape index (κ2) is 7.28. The van der Waals surface area contributed by atoms with E-state index in [4.69, 9.17) is 5.73 Å². The number of aromatic nitrogens is 7. The summed E-state index contributed by atoms with van der Waals surface area (Å²) < 4.78 is 3.80. The predicted molar refractivity (Wildman–Crippen MR) is 113 cm³/mol. The molecule has 0 saturated carbocycles. The number of aromatic amines is 1. The molecule has 0 radical (unpaired) electrons. The number of nitrogen functional groups attached to an aromatic ring is 1. The Hall–Kier alpha value is -4.70. The first kappa shape index (κ1) is 18.3. The van der Waals surface area contributed by atoms with Crippen LogP contribution in [-0.2, 0) is 13.1 Å². The van der Waals surface area contributed by atoms with E-state index in [-0.39, 0.29) is 11.4 Å². The van der Waals surface area contributed by atoms with Gasteiger partial charge < -0.3 is 19.9 Å². The topological polar surface area (TPSA) is 151 Å². The summed E-state index contributed by atoms with van der Waals surface area (Å²) in [5.74, 6) is 0.971. The maximum absolute atomic E-state index is 9.43. The van der Waals surface area contributed by atoms with Crippen molar-refractivity contribution in [2.45, 2.75) is 19.5 Å². The zero-order valence-corrected chi connectivity index (χ0v) is 16.3. The molecule has 0 amide bonds. The van der Waals surface area contributed by atoms with Gasteiger partial charge in [0.15, 0.2) is 17.0 Å². The number of rotatable bonds is 5. The summed E-state index contributed by atoms with van der Waals surface area (Å²) in [7, 11) is 0. The predicted octanol–water partition coefficient (Wildman–Crippen LogP) is 2.59. The van der Waals surface area contributed by atoms with Gasteiger partial charge in [-0.1, -0.05) is 12.1 Å². The van der Waals surface area contributed by atoms with E-state index >= 15 is 0 Å². The number of imidazole rings is 2. The molecule has 150 valence electrons. The van der Waals surface area contributed by atoms with Gasteiger partial charge in [0, 0.05) is 25.5 Å². The summed E-state index contributed by atoms with van der Waals surface area (Å²) in [4.78, 5) is 20.8. The first-order chi connectivity index (χ1) is 15.2. The molecular weight excluding hydrogens is 392 g/mol. The standard InChI is InChI=1S/C21H16N10/c22-10-15-16(11-23)29-21-18(26-15)17(20-27-13-4-1-2-5-14(13)28-20)19(24)31(21)8-3-7-30-9-6-25-12-30/h1-2,4-6,9,12H,3,7-8,24H2,(H,27,28). The van der Waals surface area contributed by atoms with Crippen LogP contribution in [0.5, 0.6) is 0 Å². The second-order valence-electron chi connectivity index (χ2n) is 6.99. The van der Waals surface area contributed by atoms with E-state index in [1.807, 2.05) is 51.7 Å². The van der Waals surface area contributed by atoms with E-state index in [1.54, 1.807) is 12.5 Å². The molecule has 10 heteroatoms. The lowest BCUT2D eigenvalue weighted by molar-refractivity contribution is 0.574. The van der Waals surface area contributed by atoms with Crippen LogP contribution >= 0.6 is 0 Å². The Balaban J connectivity index is 1.67. The van der Waals surface area contributed by atoms with Crippen molar-refractivity contribution in [2.24, 2.45) is 0 Å². The first-order valence-corrected chi connectivity index (χ1v) is 9.60. The molecule has 3 N–H and O–H groups in total. The molecule has 0 aliphatic carbocycles. The van der Waals surface area contributed by atoms with Crippen LogP contribution in [0.15, 0.2) is 43.0 Å². The fourth-order valence-corrected chi connectivity index (χ4v) is 3.67. The number of anilines is 1. The largest absolute Gasteiger partial charge is 0.384 e. The third-order valence-corrected chi connectivity index (χ3v) is 5.11. The Bertz CT molecular complexity index is 1460. The number of hydrogen-bond donors (Lipinski definition) is 2. The van der Waals surface area contributed by atoms with Gasteiger partial charge in [0.1, 0.15) is 29.3 Å². The summed E-state index contributed by atoms with van der Waals surface area (Å²) >= 11 is 0.